The summed E-state index contributed by atoms with van der Waals surface area (Å²) in [7, 11) is 6.13. The lowest BCUT2D eigenvalue weighted by molar-refractivity contribution is 0.163. The van der Waals surface area contributed by atoms with Crippen molar-refractivity contribution in [2.75, 3.05) is 34.2 Å². The van der Waals surface area contributed by atoms with Crippen LogP contribution in [0.1, 0.15) is 20.3 Å². The maximum absolute atomic E-state index is 8.94. The summed E-state index contributed by atoms with van der Waals surface area (Å²) in [5.41, 5.74) is 0.186. The molecule has 0 rings (SSSR count). The van der Waals surface area contributed by atoms with Crippen LogP contribution in [-0.4, -0.2) is 59.7 Å². The summed E-state index contributed by atoms with van der Waals surface area (Å²) in [5, 5.41) is 9.01. The maximum Gasteiger partial charge on any atom is 0.170 e. The minimum Gasteiger partial charge on any atom is -0.501 e. The van der Waals surface area contributed by atoms with E-state index in [4.69, 9.17) is 5.11 Å². The van der Waals surface area contributed by atoms with Crippen molar-refractivity contribution in [2.24, 2.45) is 0 Å². The van der Waals surface area contributed by atoms with Gasteiger partial charge in [0.25, 0.3) is 0 Å². The number of rotatable bonds is 6. The van der Waals surface area contributed by atoms with Gasteiger partial charge in [0.05, 0.1) is 6.54 Å². The molecule has 0 unspecified atom stereocenters. The van der Waals surface area contributed by atoms with Crippen molar-refractivity contribution in [3.05, 3.63) is 0 Å². The summed E-state index contributed by atoms with van der Waals surface area (Å²) >= 11 is 4.63. The van der Waals surface area contributed by atoms with Gasteiger partial charge in [-0.05, 0) is 53.6 Å². The molecule has 0 spiro atoms. The van der Waals surface area contributed by atoms with Crippen LogP contribution in [0.25, 0.3) is 0 Å². The van der Waals surface area contributed by atoms with Gasteiger partial charge in [-0.1, -0.05) is 0 Å². The van der Waals surface area contributed by atoms with Crippen molar-refractivity contribution in [3.63, 3.8) is 0 Å². The first kappa shape index (κ1) is 13.8. The van der Waals surface area contributed by atoms with E-state index in [-0.39, 0.29) is 10.6 Å². The second-order valence-corrected chi connectivity index (χ2v) is 5.06. The van der Waals surface area contributed by atoms with Crippen molar-refractivity contribution in [1.29, 1.82) is 0 Å². The van der Waals surface area contributed by atoms with Gasteiger partial charge in [0, 0.05) is 12.1 Å². The average Bonchev–Trinajstić information content (AvgIpc) is 1.99. The van der Waals surface area contributed by atoms with E-state index in [1.165, 1.54) is 0 Å². The Morgan fingerprint density at radius 1 is 1.29 bits per heavy atom. The molecule has 14 heavy (non-hydrogen) atoms. The Morgan fingerprint density at radius 3 is 2.14 bits per heavy atom. The molecule has 0 fully saturated rings. The van der Waals surface area contributed by atoms with E-state index < -0.39 is 0 Å². The monoisotopic (exact) mass is 218 g/mol. The van der Waals surface area contributed by atoms with Crippen molar-refractivity contribution in [1.82, 2.24) is 9.80 Å². The van der Waals surface area contributed by atoms with Gasteiger partial charge in [-0.2, -0.15) is 0 Å². The number of likely N-dealkylation sites (N-methyl/N-ethyl adjacent to an activating group) is 1. The van der Waals surface area contributed by atoms with Gasteiger partial charge in [0.1, 0.15) is 0 Å². The molecule has 0 aliphatic heterocycles. The topological polar surface area (TPSA) is 26.7 Å². The molecule has 0 radical (unpaired) electrons. The van der Waals surface area contributed by atoms with Crippen molar-refractivity contribution in [3.8, 4) is 0 Å². The molecule has 0 aliphatic carbocycles. The zero-order valence-electron chi connectivity index (χ0n) is 9.87. The first-order chi connectivity index (χ1) is 6.25. The number of nitrogens with zero attached hydrogens (tertiary/aromatic N) is 2. The highest BCUT2D eigenvalue weighted by atomic mass is 32.1. The zero-order chi connectivity index (χ0) is 11.4. The van der Waals surface area contributed by atoms with Crippen LogP contribution in [0.2, 0.25) is 0 Å². The number of thiocarbonyl (C=S) groups is 1. The zero-order valence-corrected chi connectivity index (χ0v) is 10.7. The Balaban J connectivity index is 3.87. The van der Waals surface area contributed by atoms with Crippen LogP contribution < -0.4 is 0 Å². The van der Waals surface area contributed by atoms with E-state index in [9.17, 15) is 0 Å². The highest BCUT2D eigenvalue weighted by Gasteiger charge is 2.20. The molecule has 84 valence electrons. The van der Waals surface area contributed by atoms with Gasteiger partial charge in [0.2, 0.25) is 0 Å². The van der Waals surface area contributed by atoms with Gasteiger partial charge in [-0.25, -0.2) is 0 Å². The van der Waals surface area contributed by atoms with Gasteiger partial charge >= 0.3 is 0 Å². The first-order valence-corrected chi connectivity index (χ1v) is 5.24. The fourth-order valence-electron chi connectivity index (χ4n) is 0.998. The van der Waals surface area contributed by atoms with Crippen LogP contribution >= 0.6 is 12.2 Å². The van der Waals surface area contributed by atoms with Gasteiger partial charge in [-0.3, -0.25) is 4.90 Å². The normalized spacial score (nSPS) is 12.5. The summed E-state index contributed by atoms with van der Waals surface area (Å²) < 4.78 is 0. The summed E-state index contributed by atoms with van der Waals surface area (Å²) in [6.07, 6.45) is 1.05. The predicted molar refractivity (Wildman–Crippen MR) is 65.1 cm³/mol. The Bertz CT molecular complexity index is 193. The molecule has 4 heteroatoms. The number of aliphatic hydroxyl groups excluding tert-OH is 1. The maximum atomic E-state index is 8.94. The third-order valence-corrected chi connectivity index (χ3v) is 2.85. The third kappa shape index (κ3) is 5.52. The minimum atomic E-state index is 0.0650. The molecular weight excluding hydrogens is 196 g/mol. The standard InChI is InChI=1S/C10H22N2OS/c1-10(2,11(3)4)6-7-12(5)8-9(13)14/h6-8H2,1-5H3,(H,13,14). The van der Waals surface area contributed by atoms with E-state index in [0.717, 1.165) is 13.0 Å². The van der Waals surface area contributed by atoms with Crippen molar-refractivity contribution >= 4 is 17.3 Å². The fourth-order valence-corrected chi connectivity index (χ4v) is 1.22. The lowest BCUT2D eigenvalue weighted by Gasteiger charge is -2.34. The predicted octanol–water partition coefficient (Wildman–Crippen LogP) is 1.53. The van der Waals surface area contributed by atoms with E-state index in [1.807, 2.05) is 11.9 Å². The molecule has 0 aromatic heterocycles. The Hall–Kier alpha value is -0.190. The molecule has 0 aromatic carbocycles. The molecule has 1 N–H and O–H groups in total. The average molecular weight is 218 g/mol. The lowest BCUT2D eigenvalue weighted by atomic mass is 9.99. The second kappa shape index (κ2) is 5.63. The summed E-state index contributed by atoms with van der Waals surface area (Å²) in [4.78, 5) is 4.24. The quantitative estimate of drug-likeness (QED) is 0.684. The van der Waals surface area contributed by atoms with Crippen LogP contribution in [0.4, 0.5) is 0 Å². The van der Waals surface area contributed by atoms with Gasteiger partial charge < -0.3 is 10.0 Å². The van der Waals surface area contributed by atoms with E-state index in [1.54, 1.807) is 0 Å². The highest BCUT2D eigenvalue weighted by Crippen LogP contribution is 2.15. The number of hydrogen-bond acceptors (Lipinski definition) is 3. The molecule has 0 atom stereocenters. The Labute approximate surface area is 92.7 Å². The van der Waals surface area contributed by atoms with E-state index in [0.29, 0.717) is 6.54 Å². The molecule has 0 saturated carbocycles. The van der Waals surface area contributed by atoms with Crippen LogP contribution in [0, 0.1) is 0 Å². The molecule has 0 heterocycles. The Kier molecular flexibility index (Phi) is 5.56. The molecular formula is C10H22N2OS. The molecule has 0 bridgehead atoms. The number of hydrogen-bond donors (Lipinski definition) is 1. The van der Waals surface area contributed by atoms with E-state index >= 15 is 0 Å². The van der Waals surface area contributed by atoms with Crippen LogP contribution in [-0.2, 0) is 0 Å². The van der Waals surface area contributed by atoms with Gasteiger partial charge in [-0.15, -0.1) is 0 Å². The molecule has 0 aromatic rings. The van der Waals surface area contributed by atoms with Crippen molar-refractivity contribution in [2.45, 2.75) is 25.8 Å². The molecule has 0 amide bonds. The minimum absolute atomic E-state index is 0.0650. The molecule has 3 nitrogen and oxygen atoms in total. The molecule has 0 saturated heterocycles. The third-order valence-electron chi connectivity index (χ3n) is 2.72. The number of aliphatic hydroxyl groups is 1. The first-order valence-electron chi connectivity index (χ1n) is 4.83. The van der Waals surface area contributed by atoms with Crippen LogP contribution in [0.5, 0.6) is 0 Å². The highest BCUT2D eigenvalue weighted by molar-refractivity contribution is 7.80. The largest absolute Gasteiger partial charge is 0.501 e. The SMILES string of the molecule is CN(CCC(C)(C)N(C)C)CC(O)=S. The van der Waals surface area contributed by atoms with Gasteiger partial charge in [0.15, 0.2) is 5.05 Å². The smallest absolute Gasteiger partial charge is 0.170 e. The second-order valence-electron chi connectivity index (χ2n) is 4.59. The molecule has 0 aliphatic rings. The van der Waals surface area contributed by atoms with Crippen LogP contribution in [0.15, 0.2) is 0 Å². The summed E-state index contributed by atoms with van der Waals surface area (Å²) in [6.45, 7) is 5.83. The Morgan fingerprint density at radius 2 is 1.79 bits per heavy atom. The van der Waals surface area contributed by atoms with Crippen LogP contribution in [0.3, 0.4) is 0 Å². The van der Waals surface area contributed by atoms with Crippen molar-refractivity contribution < 1.29 is 5.11 Å². The van der Waals surface area contributed by atoms with E-state index in [2.05, 4.69) is 45.1 Å². The summed E-state index contributed by atoms with van der Waals surface area (Å²) in [6, 6.07) is 0. The lowest BCUT2D eigenvalue weighted by Crippen LogP contribution is -2.41. The fraction of sp³-hybridized carbons (Fsp3) is 0.900. The summed E-state index contributed by atoms with van der Waals surface area (Å²) in [5.74, 6) is 0.